The number of hydrogen-bond donors (Lipinski definition) is 1. The van der Waals surface area contributed by atoms with Crippen LogP contribution in [0, 0.1) is 0 Å². The van der Waals surface area contributed by atoms with E-state index in [0.29, 0.717) is 6.04 Å². The molecule has 3 rings (SSSR count). The van der Waals surface area contributed by atoms with E-state index in [1.807, 2.05) is 19.2 Å². The molecule has 2 heterocycles. The lowest BCUT2D eigenvalue weighted by Gasteiger charge is -2.39. The fourth-order valence-electron chi connectivity index (χ4n) is 3.93. The zero-order chi connectivity index (χ0) is 19.9. The number of nitrogens with zero attached hydrogens (tertiary/aromatic N) is 5. The molecule has 1 N–H and O–H groups in total. The van der Waals surface area contributed by atoms with Crippen molar-refractivity contribution in [3.63, 3.8) is 0 Å². The van der Waals surface area contributed by atoms with Crippen LogP contribution in [-0.4, -0.2) is 107 Å². The topological polar surface area (TPSA) is 46.6 Å². The Balaban J connectivity index is 1.45. The average molecular weight is 389 g/mol. The molecule has 28 heavy (non-hydrogen) atoms. The molecule has 2 saturated heterocycles. The maximum absolute atomic E-state index is 5.26. The molecule has 1 atom stereocenters. The van der Waals surface area contributed by atoms with Gasteiger partial charge in [-0.2, -0.15) is 0 Å². The van der Waals surface area contributed by atoms with Gasteiger partial charge in [0.1, 0.15) is 5.75 Å². The Morgan fingerprint density at radius 1 is 1.04 bits per heavy atom. The smallest absolute Gasteiger partial charge is 0.193 e. The lowest BCUT2D eigenvalue weighted by Crippen LogP contribution is -2.55. The molecule has 2 aliphatic rings. The molecule has 0 aliphatic carbocycles. The standard InChI is InChI=1S/C21H36N6O/c1-18(25-11-9-24(3)10-12-25)17-23-21(22-2)27-15-13-26(14-16-27)19-5-7-20(28-4)8-6-19/h5-8,18H,9-17H2,1-4H3,(H,22,23). The normalized spacial score (nSPS) is 20.9. The number of benzene rings is 1. The Bertz CT molecular complexity index is 618. The molecule has 7 heteroatoms. The lowest BCUT2D eigenvalue weighted by molar-refractivity contribution is 0.119. The first kappa shape index (κ1) is 20.7. The summed E-state index contributed by atoms with van der Waals surface area (Å²) in [6.07, 6.45) is 0. The first-order valence-electron chi connectivity index (χ1n) is 10.4. The summed E-state index contributed by atoms with van der Waals surface area (Å²) < 4.78 is 5.26. The first-order valence-corrected chi connectivity index (χ1v) is 10.4. The van der Waals surface area contributed by atoms with Crippen molar-refractivity contribution in [3.8, 4) is 5.75 Å². The average Bonchev–Trinajstić information content (AvgIpc) is 2.75. The van der Waals surface area contributed by atoms with E-state index < -0.39 is 0 Å². The van der Waals surface area contributed by atoms with Gasteiger partial charge < -0.3 is 24.8 Å². The molecule has 1 aromatic rings. The third-order valence-corrected chi connectivity index (χ3v) is 5.95. The Hall–Kier alpha value is -1.99. The quantitative estimate of drug-likeness (QED) is 0.601. The lowest BCUT2D eigenvalue weighted by atomic mass is 10.2. The molecule has 0 radical (unpaired) electrons. The second-order valence-electron chi connectivity index (χ2n) is 7.79. The van der Waals surface area contributed by atoms with Crippen LogP contribution in [-0.2, 0) is 0 Å². The van der Waals surface area contributed by atoms with Gasteiger partial charge in [0.05, 0.1) is 7.11 Å². The van der Waals surface area contributed by atoms with Gasteiger partial charge in [-0.15, -0.1) is 0 Å². The molecule has 0 spiro atoms. The van der Waals surface area contributed by atoms with Crippen LogP contribution in [0.2, 0.25) is 0 Å². The van der Waals surface area contributed by atoms with Crippen molar-refractivity contribution in [3.05, 3.63) is 24.3 Å². The summed E-state index contributed by atoms with van der Waals surface area (Å²) in [6.45, 7) is 11.8. The van der Waals surface area contributed by atoms with E-state index in [2.05, 4.69) is 56.0 Å². The van der Waals surface area contributed by atoms with Crippen LogP contribution in [0.15, 0.2) is 29.3 Å². The molecule has 0 amide bonds. The highest BCUT2D eigenvalue weighted by atomic mass is 16.5. The summed E-state index contributed by atoms with van der Waals surface area (Å²) in [5, 5.41) is 3.60. The number of rotatable bonds is 5. The van der Waals surface area contributed by atoms with Gasteiger partial charge >= 0.3 is 0 Å². The highest BCUT2D eigenvalue weighted by Gasteiger charge is 2.22. The van der Waals surface area contributed by atoms with Crippen molar-refractivity contribution in [2.45, 2.75) is 13.0 Å². The van der Waals surface area contributed by atoms with Crippen molar-refractivity contribution in [2.24, 2.45) is 4.99 Å². The van der Waals surface area contributed by atoms with E-state index >= 15 is 0 Å². The van der Waals surface area contributed by atoms with Gasteiger partial charge in [0, 0.05) is 77.7 Å². The van der Waals surface area contributed by atoms with Crippen LogP contribution in [0.1, 0.15) is 6.92 Å². The minimum Gasteiger partial charge on any atom is -0.497 e. The monoisotopic (exact) mass is 388 g/mol. The maximum Gasteiger partial charge on any atom is 0.193 e. The van der Waals surface area contributed by atoms with Crippen LogP contribution in [0.25, 0.3) is 0 Å². The molecule has 7 nitrogen and oxygen atoms in total. The van der Waals surface area contributed by atoms with Gasteiger partial charge in [0.25, 0.3) is 0 Å². The van der Waals surface area contributed by atoms with E-state index in [0.717, 1.165) is 70.6 Å². The summed E-state index contributed by atoms with van der Waals surface area (Å²) in [5.41, 5.74) is 1.26. The highest BCUT2D eigenvalue weighted by Crippen LogP contribution is 2.20. The van der Waals surface area contributed by atoms with Gasteiger partial charge in [-0.05, 0) is 38.2 Å². The SMILES string of the molecule is CN=C(NCC(C)N1CCN(C)CC1)N1CCN(c2ccc(OC)cc2)CC1. The number of anilines is 1. The van der Waals surface area contributed by atoms with Crippen molar-refractivity contribution >= 4 is 11.6 Å². The van der Waals surface area contributed by atoms with E-state index in [1.54, 1.807) is 7.11 Å². The van der Waals surface area contributed by atoms with E-state index in [1.165, 1.54) is 5.69 Å². The third-order valence-electron chi connectivity index (χ3n) is 5.95. The zero-order valence-corrected chi connectivity index (χ0v) is 17.9. The summed E-state index contributed by atoms with van der Waals surface area (Å²) in [7, 11) is 5.80. The summed E-state index contributed by atoms with van der Waals surface area (Å²) in [5.74, 6) is 1.93. The molecule has 2 aliphatic heterocycles. The van der Waals surface area contributed by atoms with Crippen LogP contribution < -0.4 is 15.0 Å². The van der Waals surface area contributed by atoms with Crippen LogP contribution in [0.5, 0.6) is 5.75 Å². The van der Waals surface area contributed by atoms with Crippen molar-refractivity contribution in [1.29, 1.82) is 0 Å². The molecule has 0 saturated carbocycles. The number of ether oxygens (including phenoxy) is 1. The Kier molecular flexibility index (Phi) is 7.39. The van der Waals surface area contributed by atoms with Gasteiger partial charge in [0.15, 0.2) is 5.96 Å². The number of methoxy groups -OCH3 is 1. The molecule has 0 aromatic heterocycles. The zero-order valence-electron chi connectivity index (χ0n) is 17.9. The summed E-state index contributed by atoms with van der Waals surface area (Å²) in [6, 6.07) is 8.86. The number of likely N-dealkylation sites (N-methyl/N-ethyl adjacent to an activating group) is 1. The van der Waals surface area contributed by atoms with Crippen molar-refractivity contribution in [1.82, 2.24) is 20.0 Å². The van der Waals surface area contributed by atoms with Crippen molar-refractivity contribution in [2.75, 3.05) is 85.0 Å². The highest BCUT2D eigenvalue weighted by molar-refractivity contribution is 5.80. The number of piperazine rings is 2. The third kappa shape index (κ3) is 5.29. The van der Waals surface area contributed by atoms with Gasteiger partial charge in [-0.3, -0.25) is 9.89 Å². The minimum atomic E-state index is 0.519. The van der Waals surface area contributed by atoms with E-state index in [4.69, 9.17) is 4.74 Å². The Morgan fingerprint density at radius 2 is 1.68 bits per heavy atom. The molecular weight excluding hydrogens is 352 g/mol. The van der Waals surface area contributed by atoms with Crippen LogP contribution in [0.4, 0.5) is 5.69 Å². The predicted octanol–water partition coefficient (Wildman–Crippen LogP) is 1.03. The summed E-state index contributed by atoms with van der Waals surface area (Å²) in [4.78, 5) is 14.3. The largest absolute Gasteiger partial charge is 0.497 e. The second kappa shape index (κ2) is 9.98. The van der Waals surface area contributed by atoms with E-state index in [9.17, 15) is 0 Å². The first-order chi connectivity index (χ1) is 13.6. The maximum atomic E-state index is 5.26. The second-order valence-corrected chi connectivity index (χ2v) is 7.79. The molecule has 1 aromatic carbocycles. The Morgan fingerprint density at radius 3 is 2.25 bits per heavy atom. The molecule has 156 valence electrons. The van der Waals surface area contributed by atoms with Crippen LogP contribution >= 0.6 is 0 Å². The number of nitrogens with one attached hydrogen (secondary N) is 1. The predicted molar refractivity (Wildman–Crippen MR) is 117 cm³/mol. The van der Waals surface area contributed by atoms with Gasteiger partial charge in [-0.1, -0.05) is 0 Å². The number of guanidine groups is 1. The molecule has 2 fully saturated rings. The van der Waals surface area contributed by atoms with Crippen molar-refractivity contribution < 1.29 is 4.74 Å². The van der Waals surface area contributed by atoms with Crippen LogP contribution in [0.3, 0.4) is 0 Å². The fraction of sp³-hybridized carbons (Fsp3) is 0.667. The Labute approximate surface area is 169 Å². The van der Waals surface area contributed by atoms with Gasteiger partial charge in [-0.25, -0.2) is 0 Å². The number of aliphatic imine (C=N–C) groups is 1. The molecule has 1 unspecified atom stereocenters. The summed E-state index contributed by atoms with van der Waals surface area (Å²) >= 11 is 0. The number of hydrogen-bond acceptors (Lipinski definition) is 5. The van der Waals surface area contributed by atoms with E-state index in [-0.39, 0.29) is 0 Å². The molecular formula is C21H36N6O. The molecule has 0 bridgehead atoms. The fourth-order valence-corrected chi connectivity index (χ4v) is 3.93. The minimum absolute atomic E-state index is 0.519. The van der Waals surface area contributed by atoms with Gasteiger partial charge in [0.2, 0.25) is 0 Å².